The molecule has 0 radical (unpaired) electrons. The summed E-state index contributed by atoms with van der Waals surface area (Å²) in [7, 11) is 0. The van der Waals surface area contributed by atoms with Crippen molar-refractivity contribution in [2.24, 2.45) is 0 Å². The Balaban J connectivity index is 1.99. The Morgan fingerprint density at radius 3 is 2.74 bits per heavy atom. The highest BCUT2D eigenvalue weighted by atomic mass is 79.9. The second kappa shape index (κ2) is 6.38. The van der Waals surface area contributed by atoms with Gasteiger partial charge in [-0.25, -0.2) is 0 Å². The molecule has 1 atom stereocenters. The average molecular weight is 325 g/mol. The number of rotatable bonds is 5. The third kappa shape index (κ3) is 3.82. The number of amides is 1. The van der Waals surface area contributed by atoms with Crippen molar-refractivity contribution in [1.29, 1.82) is 0 Å². The summed E-state index contributed by atoms with van der Waals surface area (Å²) in [5.74, 6) is 0.771. The van der Waals surface area contributed by atoms with Crippen LogP contribution in [0.3, 0.4) is 0 Å². The molecule has 2 aromatic rings. The lowest BCUT2D eigenvalue weighted by Crippen LogP contribution is -2.32. The van der Waals surface area contributed by atoms with E-state index in [1.54, 1.807) is 18.2 Å². The number of hydrogen-bond acceptors (Lipinski definition) is 4. The van der Waals surface area contributed by atoms with Crippen LogP contribution in [0.25, 0.3) is 0 Å². The summed E-state index contributed by atoms with van der Waals surface area (Å²) in [5.41, 5.74) is 0. The van der Waals surface area contributed by atoms with Gasteiger partial charge >= 0.3 is 0 Å². The summed E-state index contributed by atoms with van der Waals surface area (Å²) in [5, 5.41) is 6.25. The summed E-state index contributed by atoms with van der Waals surface area (Å²) in [4.78, 5) is 12.0. The second-order valence-electron chi connectivity index (χ2n) is 3.84. The molecule has 100 valence electrons. The van der Waals surface area contributed by atoms with E-state index in [9.17, 15) is 4.79 Å². The molecule has 1 aromatic heterocycles. The van der Waals surface area contributed by atoms with Gasteiger partial charge in [0, 0.05) is 10.5 Å². The zero-order valence-corrected chi connectivity index (χ0v) is 11.9. The Labute approximate surface area is 119 Å². The molecule has 1 amide bonds. The van der Waals surface area contributed by atoms with Gasteiger partial charge in [-0.15, -0.1) is 0 Å². The van der Waals surface area contributed by atoms with E-state index in [-0.39, 0.29) is 5.91 Å². The number of anilines is 1. The minimum absolute atomic E-state index is 0.251. The molecule has 2 rings (SSSR count). The van der Waals surface area contributed by atoms with Gasteiger partial charge in [-0.1, -0.05) is 28.0 Å². The molecule has 1 heterocycles. The van der Waals surface area contributed by atoms with Crippen LogP contribution in [0.1, 0.15) is 13.3 Å². The maximum atomic E-state index is 12.0. The fourth-order valence-electron chi connectivity index (χ4n) is 1.48. The first-order valence-electron chi connectivity index (χ1n) is 5.82. The fourth-order valence-corrected chi connectivity index (χ4v) is 1.75. The first-order chi connectivity index (χ1) is 9.19. The van der Waals surface area contributed by atoms with Crippen molar-refractivity contribution in [2.45, 2.75) is 19.4 Å². The topological polar surface area (TPSA) is 64.4 Å². The quantitative estimate of drug-likeness (QED) is 0.917. The molecule has 0 bridgehead atoms. The van der Waals surface area contributed by atoms with Crippen LogP contribution in [-0.2, 0) is 4.79 Å². The predicted octanol–water partition coefficient (Wildman–Crippen LogP) is 3.23. The molecule has 0 aliphatic rings. The lowest BCUT2D eigenvalue weighted by molar-refractivity contribution is -0.122. The van der Waals surface area contributed by atoms with Crippen LogP contribution in [0.5, 0.6) is 5.75 Å². The molecule has 6 heteroatoms. The molecule has 5 nitrogen and oxygen atoms in total. The second-order valence-corrected chi connectivity index (χ2v) is 4.76. The van der Waals surface area contributed by atoms with Gasteiger partial charge in [-0.2, -0.15) is 0 Å². The van der Waals surface area contributed by atoms with Crippen molar-refractivity contribution < 1.29 is 14.1 Å². The first kappa shape index (κ1) is 13.6. The maximum absolute atomic E-state index is 12.0. The number of nitrogens with one attached hydrogen (secondary N) is 1. The normalized spacial score (nSPS) is 11.9. The van der Waals surface area contributed by atoms with Crippen molar-refractivity contribution in [1.82, 2.24) is 5.16 Å². The van der Waals surface area contributed by atoms with E-state index < -0.39 is 6.10 Å². The van der Waals surface area contributed by atoms with Crippen LogP contribution in [-0.4, -0.2) is 17.2 Å². The number of benzene rings is 1. The number of aromatic nitrogens is 1. The van der Waals surface area contributed by atoms with Gasteiger partial charge in [-0.05, 0) is 30.7 Å². The third-order valence-electron chi connectivity index (χ3n) is 2.44. The Morgan fingerprint density at radius 1 is 1.42 bits per heavy atom. The molecule has 1 aromatic carbocycles. The number of ether oxygens (including phenoxy) is 1. The molecule has 1 N–H and O–H groups in total. The van der Waals surface area contributed by atoms with Gasteiger partial charge in [0.2, 0.25) is 0 Å². The van der Waals surface area contributed by atoms with E-state index in [0.29, 0.717) is 18.0 Å². The summed E-state index contributed by atoms with van der Waals surface area (Å²) < 4.78 is 11.2. The Kier molecular flexibility index (Phi) is 4.57. The van der Waals surface area contributed by atoms with E-state index in [2.05, 4.69) is 30.9 Å². The van der Waals surface area contributed by atoms with E-state index in [1.165, 1.54) is 6.26 Å². The predicted molar refractivity (Wildman–Crippen MR) is 74.0 cm³/mol. The minimum Gasteiger partial charge on any atom is -0.481 e. The smallest absolute Gasteiger partial charge is 0.266 e. The number of halogens is 1. The summed E-state index contributed by atoms with van der Waals surface area (Å²) >= 11 is 3.34. The van der Waals surface area contributed by atoms with Gasteiger partial charge in [0.15, 0.2) is 11.9 Å². The lowest BCUT2D eigenvalue weighted by Gasteiger charge is -2.16. The standard InChI is InChI=1S/C13H13BrN2O3/c1-2-11(13(17)15-12-7-8-18-16-12)19-10-5-3-9(14)4-6-10/h3-8,11H,2H2,1H3,(H,15,16,17). The molecule has 0 aliphatic heterocycles. The van der Waals surface area contributed by atoms with Gasteiger partial charge < -0.3 is 14.6 Å². The zero-order chi connectivity index (χ0) is 13.7. The van der Waals surface area contributed by atoms with Crippen molar-refractivity contribution in [3.63, 3.8) is 0 Å². The van der Waals surface area contributed by atoms with E-state index in [4.69, 9.17) is 4.74 Å². The van der Waals surface area contributed by atoms with Crippen molar-refractivity contribution in [3.8, 4) is 5.75 Å². The van der Waals surface area contributed by atoms with Crippen LogP contribution in [0.4, 0.5) is 5.82 Å². The van der Waals surface area contributed by atoms with Gasteiger partial charge in [-0.3, -0.25) is 4.79 Å². The van der Waals surface area contributed by atoms with E-state index in [0.717, 1.165) is 4.47 Å². The van der Waals surface area contributed by atoms with E-state index in [1.807, 2.05) is 19.1 Å². The monoisotopic (exact) mass is 324 g/mol. The molecule has 0 fully saturated rings. The van der Waals surface area contributed by atoms with Gasteiger partial charge in [0.05, 0.1) is 0 Å². The molecular formula is C13H13BrN2O3. The SMILES string of the molecule is CCC(Oc1ccc(Br)cc1)C(=O)Nc1ccon1. The highest BCUT2D eigenvalue weighted by Gasteiger charge is 2.19. The molecule has 0 saturated heterocycles. The Bertz CT molecular complexity index is 525. The van der Waals surface area contributed by atoms with Crippen LogP contribution in [0.15, 0.2) is 45.6 Å². The molecule has 0 aliphatic carbocycles. The lowest BCUT2D eigenvalue weighted by atomic mass is 10.2. The molecular weight excluding hydrogens is 312 g/mol. The maximum Gasteiger partial charge on any atom is 0.266 e. The van der Waals surface area contributed by atoms with Crippen LogP contribution >= 0.6 is 15.9 Å². The van der Waals surface area contributed by atoms with Crippen LogP contribution < -0.4 is 10.1 Å². The first-order valence-corrected chi connectivity index (χ1v) is 6.62. The summed E-state index contributed by atoms with van der Waals surface area (Å²) in [6, 6.07) is 8.89. The van der Waals surface area contributed by atoms with Crippen LogP contribution in [0.2, 0.25) is 0 Å². The Morgan fingerprint density at radius 2 is 2.16 bits per heavy atom. The van der Waals surface area contributed by atoms with Gasteiger partial charge in [0.25, 0.3) is 5.91 Å². The largest absolute Gasteiger partial charge is 0.481 e. The average Bonchev–Trinajstić information content (AvgIpc) is 2.90. The summed E-state index contributed by atoms with van der Waals surface area (Å²) in [6.07, 6.45) is 1.38. The number of hydrogen-bond donors (Lipinski definition) is 1. The zero-order valence-electron chi connectivity index (χ0n) is 10.3. The third-order valence-corrected chi connectivity index (χ3v) is 2.97. The van der Waals surface area contributed by atoms with Crippen molar-refractivity contribution in [2.75, 3.05) is 5.32 Å². The van der Waals surface area contributed by atoms with E-state index >= 15 is 0 Å². The van der Waals surface area contributed by atoms with Crippen LogP contribution in [0, 0.1) is 0 Å². The highest BCUT2D eigenvalue weighted by molar-refractivity contribution is 9.10. The fraction of sp³-hybridized carbons (Fsp3) is 0.231. The molecule has 0 spiro atoms. The summed E-state index contributed by atoms with van der Waals surface area (Å²) in [6.45, 7) is 1.88. The number of carbonyl (C=O) groups excluding carboxylic acids is 1. The Hall–Kier alpha value is -1.82. The number of nitrogens with zero attached hydrogens (tertiary/aromatic N) is 1. The molecule has 0 saturated carbocycles. The minimum atomic E-state index is -0.571. The van der Waals surface area contributed by atoms with Crippen molar-refractivity contribution >= 4 is 27.7 Å². The molecule has 1 unspecified atom stereocenters. The van der Waals surface area contributed by atoms with Crippen molar-refractivity contribution in [3.05, 3.63) is 41.1 Å². The molecule has 19 heavy (non-hydrogen) atoms. The number of carbonyl (C=O) groups is 1. The highest BCUT2D eigenvalue weighted by Crippen LogP contribution is 2.18. The van der Waals surface area contributed by atoms with Gasteiger partial charge in [0.1, 0.15) is 12.0 Å².